The van der Waals surface area contributed by atoms with Gasteiger partial charge in [0.1, 0.15) is 13.2 Å². The van der Waals surface area contributed by atoms with E-state index in [-0.39, 0.29) is 17.4 Å². The van der Waals surface area contributed by atoms with Crippen molar-refractivity contribution in [1.82, 2.24) is 4.90 Å². The average molecular weight is 338 g/mol. The Morgan fingerprint density at radius 2 is 1.83 bits per heavy atom. The van der Waals surface area contributed by atoms with Gasteiger partial charge in [-0.05, 0) is 37.8 Å². The second-order valence-electron chi connectivity index (χ2n) is 6.84. The number of hydrogen-bond donors (Lipinski definition) is 1. The van der Waals surface area contributed by atoms with E-state index >= 15 is 0 Å². The van der Waals surface area contributed by atoms with Gasteiger partial charge in [0, 0.05) is 18.5 Å². The summed E-state index contributed by atoms with van der Waals surface area (Å²) in [5, 5.41) is 10.1. The van der Waals surface area contributed by atoms with Crippen LogP contribution < -0.4 is 9.47 Å². The van der Waals surface area contributed by atoms with Gasteiger partial charge in [-0.2, -0.15) is 0 Å². The molecule has 0 aromatic heterocycles. The van der Waals surface area contributed by atoms with Gasteiger partial charge < -0.3 is 19.5 Å². The van der Waals surface area contributed by atoms with Crippen LogP contribution in [-0.2, 0) is 0 Å². The Hall–Kier alpha value is -1.46. The molecule has 124 valence electrons. The fourth-order valence-electron chi connectivity index (χ4n) is 3.88. The SMILES string of the molecule is O=C(c1ccc(Cl)c2c1OCCO2)N1CC2(CCC(O)CC2)C1. The minimum Gasteiger partial charge on any atom is -0.485 e. The van der Waals surface area contributed by atoms with Crippen molar-refractivity contribution in [3.8, 4) is 11.5 Å². The number of carbonyl (C=O) groups is 1. The van der Waals surface area contributed by atoms with Crippen LogP contribution in [0.3, 0.4) is 0 Å². The number of hydrogen-bond acceptors (Lipinski definition) is 4. The molecule has 5 nitrogen and oxygen atoms in total. The molecule has 2 fully saturated rings. The van der Waals surface area contributed by atoms with Gasteiger partial charge in [-0.25, -0.2) is 0 Å². The highest BCUT2D eigenvalue weighted by Crippen LogP contribution is 2.46. The van der Waals surface area contributed by atoms with Crippen molar-refractivity contribution in [3.63, 3.8) is 0 Å². The third-order valence-corrected chi connectivity index (χ3v) is 5.52. The molecule has 1 spiro atoms. The molecule has 0 bridgehead atoms. The maximum Gasteiger partial charge on any atom is 0.257 e. The number of ether oxygens (including phenoxy) is 2. The summed E-state index contributed by atoms with van der Waals surface area (Å²) in [4.78, 5) is 14.7. The molecule has 1 aliphatic carbocycles. The van der Waals surface area contributed by atoms with Crippen LogP contribution in [0.2, 0.25) is 5.02 Å². The fourth-order valence-corrected chi connectivity index (χ4v) is 4.08. The quantitative estimate of drug-likeness (QED) is 0.855. The molecule has 1 aromatic carbocycles. The predicted octanol–water partition coefficient (Wildman–Crippen LogP) is 2.49. The fraction of sp³-hybridized carbons (Fsp3) is 0.588. The maximum absolute atomic E-state index is 12.8. The summed E-state index contributed by atoms with van der Waals surface area (Å²) >= 11 is 6.12. The second-order valence-corrected chi connectivity index (χ2v) is 7.25. The van der Waals surface area contributed by atoms with Crippen LogP contribution in [0.25, 0.3) is 0 Å². The van der Waals surface area contributed by atoms with Gasteiger partial charge >= 0.3 is 0 Å². The van der Waals surface area contributed by atoms with E-state index in [9.17, 15) is 9.90 Å². The van der Waals surface area contributed by atoms with Crippen molar-refractivity contribution in [2.45, 2.75) is 31.8 Å². The molecule has 1 saturated heterocycles. The molecule has 2 aliphatic heterocycles. The third kappa shape index (κ3) is 2.56. The summed E-state index contributed by atoms with van der Waals surface area (Å²) in [6, 6.07) is 3.41. The number of halogens is 1. The van der Waals surface area contributed by atoms with Gasteiger partial charge in [0.2, 0.25) is 0 Å². The number of carbonyl (C=O) groups excluding carboxylic acids is 1. The molecule has 3 aliphatic rings. The molecule has 4 rings (SSSR count). The lowest BCUT2D eigenvalue weighted by Gasteiger charge is -2.53. The maximum atomic E-state index is 12.8. The first-order valence-electron chi connectivity index (χ1n) is 8.13. The molecule has 0 atom stereocenters. The number of nitrogens with zero attached hydrogens (tertiary/aromatic N) is 1. The first kappa shape index (κ1) is 15.1. The molecule has 0 radical (unpaired) electrons. The summed E-state index contributed by atoms with van der Waals surface area (Å²) in [5.41, 5.74) is 0.730. The number of fused-ring (bicyclic) bond motifs is 1. The third-order valence-electron chi connectivity index (χ3n) is 5.23. The first-order chi connectivity index (χ1) is 11.1. The number of aliphatic hydroxyl groups is 1. The van der Waals surface area contributed by atoms with Crippen molar-refractivity contribution >= 4 is 17.5 Å². The molecule has 6 heteroatoms. The lowest BCUT2D eigenvalue weighted by molar-refractivity contribution is -0.0397. The molecular formula is C17H20ClNO4. The van der Waals surface area contributed by atoms with Crippen molar-refractivity contribution in [2.24, 2.45) is 5.41 Å². The normalized spacial score (nSPS) is 22.8. The van der Waals surface area contributed by atoms with Crippen molar-refractivity contribution in [1.29, 1.82) is 0 Å². The monoisotopic (exact) mass is 337 g/mol. The Balaban J connectivity index is 1.51. The van der Waals surface area contributed by atoms with Gasteiger partial charge in [0.25, 0.3) is 5.91 Å². The van der Waals surface area contributed by atoms with Crippen LogP contribution in [0.4, 0.5) is 0 Å². The Bertz CT molecular complexity index is 632. The van der Waals surface area contributed by atoms with Gasteiger partial charge in [-0.3, -0.25) is 4.79 Å². The lowest BCUT2D eigenvalue weighted by atomic mass is 9.68. The van der Waals surface area contributed by atoms with Crippen LogP contribution in [0.15, 0.2) is 12.1 Å². The molecule has 0 unspecified atom stereocenters. The Kier molecular flexibility index (Phi) is 3.65. The molecule has 1 saturated carbocycles. The minimum absolute atomic E-state index is 0.0276. The minimum atomic E-state index is -0.167. The zero-order valence-corrected chi connectivity index (χ0v) is 13.6. The number of benzene rings is 1. The first-order valence-corrected chi connectivity index (χ1v) is 8.51. The number of rotatable bonds is 1. The van der Waals surface area contributed by atoms with E-state index in [1.54, 1.807) is 12.1 Å². The summed E-state index contributed by atoms with van der Waals surface area (Å²) < 4.78 is 11.2. The standard InChI is InChI=1S/C17H20ClNO4/c18-13-2-1-12(14-15(13)23-8-7-22-14)16(21)19-9-17(10-19)5-3-11(20)4-6-17/h1-2,11,20H,3-10H2. The van der Waals surface area contributed by atoms with Crippen LogP contribution in [-0.4, -0.2) is 48.3 Å². The van der Waals surface area contributed by atoms with Crippen molar-refractivity contribution in [3.05, 3.63) is 22.7 Å². The topological polar surface area (TPSA) is 59.0 Å². The smallest absolute Gasteiger partial charge is 0.257 e. The zero-order valence-electron chi connectivity index (χ0n) is 12.9. The highest BCUT2D eigenvalue weighted by Gasteiger charge is 2.47. The van der Waals surface area contributed by atoms with E-state index in [0.29, 0.717) is 35.3 Å². The molecule has 23 heavy (non-hydrogen) atoms. The van der Waals surface area contributed by atoms with E-state index in [0.717, 1.165) is 38.8 Å². The van der Waals surface area contributed by atoms with E-state index < -0.39 is 0 Å². The van der Waals surface area contributed by atoms with E-state index in [1.165, 1.54) is 0 Å². The predicted molar refractivity (Wildman–Crippen MR) is 85.3 cm³/mol. The molecule has 2 heterocycles. The van der Waals surface area contributed by atoms with Crippen LogP contribution in [0, 0.1) is 5.41 Å². The highest BCUT2D eigenvalue weighted by atomic mass is 35.5. The van der Waals surface area contributed by atoms with Crippen molar-refractivity contribution in [2.75, 3.05) is 26.3 Å². The van der Waals surface area contributed by atoms with Gasteiger partial charge in [-0.15, -0.1) is 0 Å². The molecular weight excluding hydrogens is 318 g/mol. The summed E-state index contributed by atoms with van der Waals surface area (Å²) in [6.45, 7) is 2.39. The number of amides is 1. The van der Waals surface area contributed by atoms with Crippen molar-refractivity contribution < 1.29 is 19.4 Å². The molecule has 1 amide bonds. The van der Waals surface area contributed by atoms with Gasteiger partial charge in [0.05, 0.1) is 16.7 Å². The van der Waals surface area contributed by atoms with E-state index in [1.807, 2.05) is 4.90 Å². The molecule has 1 N–H and O–H groups in total. The number of likely N-dealkylation sites (tertiary alicyclic amines) is 1. The van der Waals surface area contributed by atoms with E-state index in [2.05, 4.69) is 0 Å². The summed E-state index contributed by atoms with van der Waals surface area (Å²) in [5.74, 6) is 0.911. The van der Waals surface area contributed by atoms with Crippen LogP contribution in [0.1, 0.15) is 36.0 Å². The van der Waals surface area contributed by atoms with Crippen LogP contribution >= 0.6 is 11.6 Å². The van der Waals surface area contributed by atoms with Gasteiger partial charge in [-0.1, -0.05) is 11.6 Å². The highest BCUT2D eigenvalue weighted by molar-refractivity contribution is 6.32. The Labute approximate surface area is 140 Å². The lowest BCUT2D eigenvalue weighted by Crippen LogP contribution is -2.59. The largest absolute Gasteiger partial charge is 0.485 e. The summed E-state index contributed by atoms with van der Waals surface area (Å²) in [7, 11) is 0. The van der Waals surface area contributed by atoms with Crippen LogP contribution in [0.5, 0.6) is 11.5 Å². The Morgan fingerprint density at radius 1 is 1.17 bits per heavy atom. The zero-order chi connectivity index (χ0) is 16.0. The Morgan fingerprint density at radius 3 is 2.52 bits per heavy atom. The van der Waals surface area contributed by atoms with E-state index in [4.69, 9.17) is 21.1 Å². The van der Waals surface area contributed by atoms with Gasteiger partial charge in [0.15, 0.2) is 11.5 Å². The number of aliphatic hydroxyl groups excluding tert-OH is 1. The average Bonchev–Trinajstić information content (AvgIpc) is 2.54. The summed E-state index contributed by atoms with van der Waals surface area (Å²) in [6.07, 6.45) is 3.51. The second kappa shape index (κ2) is 5.56. The molecule has 1 aromatic rings.